The zero-order chi connectivity index (χ0) is 13.6. The third-order valence-corrected chi connectivity index (χ3v) is 2.67. The van der Waals surface area contributed by atoms with Gasteiger partial charge in [0.25, 0.3) is 0 Å². The second kappa shape index (κ2) is 6.95. The number of piperidine rings is 1. The predicted molar refractivity (Wildman–Crippen MR) is 68.7 cm³/mol. The molecular formula is C13H25NO4. The molecule has 5 nitrogen and oxygen atoms in total. The summed E-state index contributed by atoms with van der Waals surface area (Å²) in [6.45, 7) is 8.15. The molecule has 1 heterocycles. The molecule has 0 N–H and O–H groups in total. The lowest BCUT2D eigenvalue weighted by Gasteiger charge is -2.34. The van der Waals surface area contributed by atoms with E-state index in [-0.39, 0.29) is 12.2 Å². The van der Waals surface area contributed by atoms with E-state index in [0.717, 1.165) is 19.4 Å². The van der Waals surface area contributed by atoms with Crippen LogP contribution in [0.1, 0.15) is 33.6 Å². The predicted octanol–water partition coefficient (Wildman–Crippen LogP) is 2.05. The monoisotopic (exact) mass is 259 g/mol. The number of methoxy groups -OCH3 is 1. The summed E-state index contributed by atoms with van der Waals surface area (Å²) in [7, 11) is 1.65. The van der Waals surface area contributed by atoms with Crippen LogP contribution in [0.5, 0.6) is 0 Å². The van der Waals surface area contributed by atoms with Gasteiger partial charge in [-0.2, -0.15) is 0 Å². The topological polar surface area (TPSA) is 48.0 Å². The number of nitrogens with zero attached hydrogens (tertiary/aromatic N) is 1. The maximum absolute atomic E-state index is 11.9. The van der Waals surface area contributed by atoms with Crippen LogP contribution >= 0.6 is 0 Å². The van der Waals surface area contributed by atoms with Crippen LogP contribution < -0.4 is 0 Å². The van der Waals surface area contributed by atoms with Gasteiger partial charge < -0.3 is 19.1 Å². The zero-order valence-corrected chi connectivity index (χ0v) is 11.9. The van der Waals surface area contributed by atoms with Crippen molar-refractivity contribution in [2.75, 3.05) is 33.4 Å². The minimum Gasteiger partial charge on any atom is -0.444 e. The molecule has 0 bridgehead atoms. The molecule has 1 atom stereocenters. The van der Waals surface area contributed by atoms with Gasteiger partial charge in [-0.05, 0) is 33.6 Å². The van der Waals surface area contributed by atoms with Crippen molar-refractivity contribution in [1.29, 1.82) is 0 Å². The summed E-state index contributed by atoms with van der Waals surface area (Å²) in [5.41, 5.74) is -0.444. The first-order valence-electron chi connectivity index (χ1n) is 6.51. The smallest absolute Gasteiger partial charge is 0.410 e. The molecule has 0 aromatic heterocycles. The molecule has 1 amide bonds. The van der Waals surface area contributed by atoms with Crippen LogP contribution in [0.2, 0.25) is 0 Å². The number of ether oxygens (including phenoxy) is 3. The Balaban J connectivity index is 2.36. The van der Waals surface area contributed by atoms with Gasteiger partial charge in [0.1, 0.15) is 5.60 Å². The highest BCUT2D eigenvalue weighted by molar-refractivity contribution is 5.68. The first-order chi connectivity index (χ1) is 8.42. The Hall–Kier alpha value is -0.810. The molecule has 0 saturated carbocycles. The highest BCUT2D eigenvalue weighted by atomic mass is 16.6. The van der Waals surface area contributed by atoms with Crippen LogP contribution in [0.25, 0.3) is 0 Å². The summed E-state index contributed by atoms with van der Waals surface area (Å²) >= 11 is 0. The Morgan fingerprint density at radius 3 is 2.67 bits per heavy atom. The third kappa shape index (κ3) is 5.69. The van der Waals surface area contributed by atoms with E-state index in [4.69, 9.17) is 14.2 Å². The number of carbonyl (C=O) groups is 1. The van der Waals surface area contributed by atoms with Crippen LogP contribution in [0.4, 0.5) is 4.79 Å². The van der Waals surface area contributed by atoms with Crippen molar-refractivity contribution in [1.82, 2.24) is 4.90 Å². The lowest BCUT2D eigenvalue weighted by atomic mass is 10.1. The van der Waals surface area contributed by atoms with Crippen molar-refractivity contribution in [3.05, 3.63) is 0 Å². The van der Waals surface area contributed by atoms with Crippen molar-refractivity contribution in [2.45, 2.75) is 45.3 Å². The van der Waals surface area contributed by atoms with Gasteiger partial charge in [0.05, 0.1) is 25.9 Å². The van der Waals surface area contributed by atoms with Gasteiger partial charge in [0.2, 0.25) is 0 Å². The van der Waals surface area contributed by atoms with E-state index >= 15 is 0 Å². The summed E-state index contributed by atoms with van der Waals surface area (Å²) in [6, 6.07) is 0. The van der Waals surface area contributed by atoms with E-state index in [1.54, 1.807) is 12.0 Å². The molecule has 1 fully saturated rings. The molecule has 1 rings (SSSR count). The van der Waals surface area contributed by atoms with Gasteiger partial charge in [-0.25, -0.2) is 4.79 Å². The fraction of sp³-hybridized carbons (Fsp3) is 0.923. The maximum atomic E-state index is 11.9. The standard InChI is InChI=1S/C13H25NO4/c1-13(2,3)18-12(15)14-7-5-6-11(10-14)17-9-8-16-4/h11H,5-10H2,1-4H3. The number of hydrogen-bond donors (Lipinski definition) is 0. The Kier molecular flexibility index (Phi) is 5.88. The van der Waals surface area contributed by atoms with E-state index in [2.05, 4.69) is 0 Å². The molecular weight excluding hydrogens is 234 g/mol. The Labute approximate surface area is 109 Å². The largest absolute Gasteiger partial charge is 0.444 e. The zero-order valence-electron chi connectivity index (χ0n) is 11.9. The highest BCUT2D eigenvalue weighted by Crippen LogP contribution is 2.17. The van der Waals surface area contributed by atoms with Crippen LogP contribution in [0, 0.1) is 0 Å². The van der Waals surface area contributed by atoms with Gasteiger partial charge in [0, 0.05) is 13.7 Å². The number of hydrogen-bond acceptors (Lipinski definition) is 4. The van der Waals surface area contributed by atoms with E-state index < -0.39 is 5.60 Å². The lowest BCUT2D eigenvalue weighted by molar-refractivity contribution is -0.0317. The molecule has 0 aliphatic carbocycles. The second-order valence-corrected chi connectivity index (χ2v) is 5.55. The summed E-state index contributed by atoms with van der Waals surface area (Å²) < 4.78 is 16.0. The van der Waals surface area contributed by atoms with Crippen LogP contribution in [0.15, 0.2) is 0 Å². The van der Waals surface area contributed by atoms with Gasteiger partial charge in [-0.1, -0.05) is 0 Å². The Morgan fingerprint density at radius 1 is 1.33 bits per heavy atom. The second-order valence-electron chi connectivity index (χ2n) is 5.55. The van der Waals surface area contributed by atoms with Crippen molar-refractivity contribution in [2.24, 2.45) is 0 Å². The molecule has 106 valence electrons. The normalized spacial score (nSPS) is 20.9. The molecule has 1 unspecified atom stereocenters. The van der Waals surface area contributed by atoms with Crippen molar-refractivity contribution in [3.63, 3.8) is 0 Å². The van der Waals surface area contributed by atoms with Crippen molar-refractivity contribution in [3.8, 4) is 0 Å². The Morgan fingerprint density at radius 2 is 2.06 bits per heavy atom. The Bertz CT molecular complexity index is 262. The van der Waals surface area contributed by atoms with Crippen molar-refractivity contribution < 1.29 is 19.0 Å². The maximum Gasteiger partial charge on any atom is 0.410 e. The first kappa shape index (κ1) is 15.2. The minimum atomic E-state index is -0.444. The van der Waals surface area contributed by atoms with Crippen molar-refractivity contribution >= 4 is 6.09 Å². The van der Waals surface area contributed by atoms with Gasteiger partial charge in [0.15, 0.2) is 0 Å². The number of carbonyl (C=O) groups excluding carboxylic acids is 1. The quantitative estimate of drug-likeness (QED) is 0.725. The third-order valence-electron chi connectivity index (χ3n) is 2.67. The molecule has 1 aliphatic rings. The fourth-order valence-corrected chi connectivity index (χ4v) is 1.86. The molecule has 18 heavy (non-hydrogen) atoms. The molecule has 1 aliphatic heterocycles. The average molecular weight is 259 g/mol. The average Bonchev–Trinajstić information content (AvgIpc) is 2.27. The SMILES string of the molecule is COCCOC1CCCN(C(=O)OC(C)(C)C)C1. The van der Waals surface area contributed by atoms with Crippen LogP contribution in [-0.4, -0.2) is 56.1 Å². The van der Waals surface area contributed by atoms with E-state index in [0.29, 0.717) is 19.8 Å². The fourth-order valence-electron chi connectivity index (χ4n) is 1.86. The summed E-state index contributed by atoms with van der Waals surface area (Å²) in [5.74, 6) is 0. The van der Waals surface area contributed by atoms with Crippen LogP contribution in [0.3, 0.4) is 0 Å². The summed E-state index contributed by atoms with van der Waals surface area (Å²) in [4.78, 5) is 13.6. The highest BCUT2D eigenvalue weighted by Gasteiger charge is 2.27. The van der Waals surface area contributed by atoms with Gasteiger partial charge in [-0.15, -0.1) is 0 Å². The molecule has 0 radical (unpaired) electrons. The first-order valence-corrected chi connectivity index (χ1v) is 6.51. The van der Waals surface area contributed by atoms with Gasteiger partial charge >= 0.3 is 6.09 Å². The molecule has 0 spiro atoms. The minimum absolute atomic E-state index is 0.0985. The summed E-state index contributed by atoms with van der Waals surface area (Å²) in [6.07, 6.45) is 1.80. The lowest BCUT2D eigenvalue weighted by Crippen LogP contribution is -2.45. The number of rotatable bonds is 4. The van der Waals surface area contributed by atoms with E-state index in [9.17, 15) is 4.79 Å². The molecule has 0 aromatic carbocycles. The van der Waals surface area contributed by atoms with E-state index in [1.807, 2.05) is 20.8 Å². The van der Waals surface area contributed by atoms with Gasteiger partial charge in [-0.3, -0.25) is 0 Å². The van der Waals surface area contributed by atoms with Crippen LogP contribution in [-0.2, 0) is 14.2 Å². The molecule has 1 saturated heterocycles. The summed E-state index contributed by atoms with van der Waals surface area (Å²) in [5, 5.41) is 0. The number of amides is 1. The molecule has 5 heteroatoms. The van der Waals surface area contributed by atoms with E-state index in [1.165, 1.54) is 0 Å². The molecule has 0 aromatic rings. The number of likely N-dealkylation sites (tertiary alicyclic amines) is 1.